The average Bonchev–Trinajstić information content (AvgIpc) is 3.13. The molecule has 0 spiro atoms. The molecule has 27 heavy (non-hydrogen) atoms. The smallest absolute Gasteiger partial charge is 0.243 e. The third kappa shape index (κ3) is 3.98. The topological polar surface area (TPSA) is 90.3 Å². The number of rotatable bonds is 4. The summed E-state index contributed by atoms with van der Waals surface area (Å²) in [5.41, 5.74) is 1.69. The van der Waals surface area contributed by atoms with Crippen molar-refractivity contribution in [3.8, 4) is 6.07 Å². The van der Waals surface area contributed by atoms with Gasteiger partial charge < -0.3 is 5.32 Å². The Labute approximate surface area is 163 Å². The highest BCUT2D eigenvalue weighted by molar-refractivity contribution is 7.89. The summed E-state index contributed by atoms with van der Waals surface area (Å²) in [7, 11) is -3.76. The fraction of sp³-hybridized carbons (Fsp3) is 0.263. The monoisotopic (exact) mass is 403 g/mol. The summed E-state index contributed by atoms with van der Waals surface area (Å²) in [5.74, 6) is -0.413. The molecule has 2 aromatic carbocycles. The maximum absolute atomic E-state index is 12.9. The Bertz CT molecular complexity index is 1010. The number of benzene rings is 2. The lowest BCUT2D eigenvalue weighted by Gasteiger charge is -2.23. The number of aryl methyl sites for hydroxylation is 1. The molecule has 140 valence electrons. The van der Waals surface area contributed by atoms with Crippen molar-refractivity contribution in [1.29, 1.82) is 5.26 Å². The van der Waals surface area contributed by atoms with E-state index in [0.717, 1.165) is 5.56 Å². The Hall–Kier alpha value is -2.40. The van der Waals surface area contributed by atoms with Crippen molar-refractivity contribution in [2.45, 2.75) is 30.7 Å². The zero-order chi connectivity index (χ0) is 19.6. The zero-order valence-electron chi connectivity index (χ0n) is 14.6. The quantitative estimate of drug-likeness (QED) is 0.847. The van der Waals surface area contributed by atoms with Gasteiger partial charge in [-0.1, -0.05) is 29.3 Å². The third-order valence-corrected chi connectivity index (χ3v) is 6.73. The highest BCUT2D eigenvalue weighted by Crippen LogP contribution is 2.28. The normalized spacial score (nSPS) is 17.4. The Morgan fingerprint density at radius 1 is 1.26 bits per heavy atom. The molecule has 1 N–H and O–H groups in total. The van der Waals surface area contributed by atoms with Crippen LogP contribution in [0.15, 0.2) is 47.4 Å². The molecule has 3 rings (SSSR count). The van der Waals surface area contributed by atoms with Crippen LogP contribution in [0.4, 0.5) is 5.69 Å². The highest BCUT2D eigenvalue weighted by Gasteiger charge is 2.39. The summed E-state index contributed by atoms with van der Waals surface area (Å²) < 4.78 is 27.1. The molecular weight excluding hydrogens is 386 g/mol. The molecule has 0 aromatic heterocycles. The number of sulfonamides is 1. The van der Waals surface area contributed by atoms with Crippen molar-refractivity contribution in [3.63, 3.8) is 0 Å². The van der Waals surface area contributed by atoms with Crippen molar-refractivity contribution in [3.05, 3.63) is 58.6 Å². The van der Waals surface area contributed by atoms with Crippen LogP contribution in [0, 0.1) is 18.3 Å². The van der Waals surface area contributed by atoms with Crippen LogP contribution in [0.3, 0.4) is 0 Å². The van der Waals surface area contributed by atoms with Gasteiger partial charge in [-0.2, -0.15) is 9.57 Å². The van der Waals surface area contributed by atoms with E-state index in [1.54, 1.807) is 30.3 Å². The lowest BCUT2D eigenvalue weighted by atomic mass is 10.2. The number of hydrogen-bond acceptors (Lipinski definition) is 4. The van der Waals surface area contributed by atoms with E-state index in [1.807, 2.05) is 13.0 Å². The summed E-state index contributed by atoms with van der Waals surface area (Å²) in [6, 6.07) is 12.3. The van der Waals surface area contributed by atoms with E-state index in [4.69, 9.17) is 16.9 Å². The number of nitrogens with zero attached hydrogens (tertiary/aromatic N) is 2. The van der Waals surface area contributed by atoms with Crippen LogP contribution < -0.4 is 5.32 Å². The number of hydrogen-bond donors (Lipinski definition) is 1. The Kier molecular flexibility index (Phi) is 5.51. The van der Waals surface area contributed by atoms with Crippen LogP contribution >= 0.6 is 11.6 Å². The average molecular weight is 404 g/mol. The second-order valence-corrected chi connectivity index (χ2v) is 8.68. The van der Waals surface area contributed by atoms with Gasteiger partial charge in [0.05, 0.1) is 15.5 Å². The van der Waals surface area contributed by atoms with Gasteiger partial charge in [0.15, 0.2) is 0 Å². The van der Waals surface area contributed by atoms with Crippen LogP contribution in [0.5, 0.6) is 0 Å². The molecule has 0 aliphatic carbocycles. The van der Waals surface area contributed by atoms with Crippen LogP contribution in [-0.2, 0) is 14.8 Å². The SMILES string of the molecule is Cc1ccc(S(=O)(=O)N2CCCC2C(=O)Nc2ccc(C#N)c(Cl)c2)cc1. The van der Waals surface area contributed by atoms with E-state index in [0.29, 0.717) is 30.6 Å². The van der Waals surface area contributed by atoms with Gasteiger partial charge in [0.1, 0.15) is 12.1 Å². The zero-order valence-corrected chi connectivity index (χ0v) is 16.2. The second-order valence-electron chi connectivity index (χ2n) is 6.38. The molecule has 1 aliphatic rings. The third-order valence-electron chi connectivity index (χ3n) is 4.49. The van der Waals surface area contributed by atoms with Gasteiger partial charge in [-0.05, 0) is 50.1 Å². The lowest BCUT2D eigenvalue weighted by Crippen LogP contribution is -2.43. The van der Waals surface area contributed by atoms with Gasteiger partial charge in [-0.15, -0.1) is 0 Å². The molecule has 0 radical (unpaired) electrons. The maximum atomic E-state index is 12.9. The van der Waals surface area contributed by atoms with Gasteiger partial charge in [-0.3, -0.25) is 4.79 Å². The summed E-state index contributed by atoms with van der Waals surface area (Å²) in [5, 5.41) is 11.8. The largest absolute Gasteiger partial charge is 0.325 e. The maximum Gasteiger partial charge on any atom is 0.243 e. The van der Waals surface area contributed by atoms with Gasteiger partial charge in [0.25, 0.3) is 0 Å². The molecule has 1 fully saturated rings. The fourth-order valence-corrected chi connectivity index (χ4v) is 4.92. The van der Waals surface area contributed by atoms with Crippen molar-refractivity contribution >= 4 is 33.2 Å². The second kappa shape index (κ2) is 7.69. The number of halogens is 1. The van der Waals surface area contributed by atoms with Crippen molar-refractivity contribution in [1.82, 2.24) is 4.31 Å². The van der Waals surface area contributed by atoms with Crippen LogP contribution in [0.1, 0.15) is 24.0 Å². The molecule has 1 heterocycles. The van der Waals surface area contributed by atoms with Gasteiger partial charge in [0, 0.05) is 12.2 Å². The van der Waals surface area contributed by atoms with Gasteiger partial charge in [0.2, 0.25) is 15.9 Å². The number of anilines is 1. The Morgan fingerprint density at radius 3 is 2.59 bits per heavy atom. The first-order valence-corrected chi connectivity index (χ1v) is 10.2. The molecule has 8 heteroatoms. The van der Waals surface area contributed by atoms with Crippen molar-refractivity contribution in [2.75, 3.05) is 11.9 Å². The van der Waals surface area contributed by atoms with Crippen LogP contribution in [-0.4, -0.2) is 31.2 Å². The molecule has 0 saturated carbocycles. The first-order valence-electron chi connectivity index (χ1n) is 8.42. The molecule has 1 amide bonds. The predicted molar refractivity (Wildman–Crippen MR) is 103 cm³/mol. The van der Waals surface area contributed by atoms with Gasteiger partial charge in [-0.25, -0.2) is 8.42 Å². The van der Waals surface area contributed by atoms with Crippen molar-refractivity contribution in [2.24, 2.45) is 0 Å². The number of amides is 1. The van der Waals surface area contributed by atoms with E-state index in [1.165, 1.54) is 16.4 Å². The van der Waals surface area contributed by atoms with Crippen LogP contribution in [0.2, 0.25) is 5.02 Å². The van der Waals surface area contributed by atoms with E-state index in [2.05, 4.69) is 5.32 Å². The summed E-state index contributed by atoms with van der Waals surface area (Å²) in [6.07, 6.45) is 1.05. The van der Waals surface area contributed by atoms with Crippen molar-refractivity contribution < 1.29 is 13.2 Å². The molecule has 1 aliphatic heterocycles. The van der Waals surface area contributed by atoms with Gasteiger partial charge >= 0.3 is 0 Å². The minimum absolute atomic E-state index is 0.175. The Balaban J connectivity index is 1.81. The van der Waals surface area contributed by atoms with E-state index in [9.17, 15) is 13.2 Å². The minimum Gasteiger partial charge on any atom is -0.325 e. The summed E-state index contributed by atoms with van der Waals surface area (Å²) >= 11 is 5.99. The van der Waals surface area contributed by atoms with E-state index < -0.39 is 22.0 Å². The molecule has 2 aromatic rings. The highest BCUT2D eigenvalue weighted by atomic mass is 35.5. The molecule has 1 atom stereocenters. The number of carbonyl (C=O) groups excluding carboxylic acids is 1. The molecule has 1 saturated heterocycles. The summed E-state index contributed by atoms with van der Waals surface area (Å²) in [4.78, 5) is 12.9. The standard InChI is InChI=1S/C19H18ClN3O3S/c1-13-4-8-16(9-5-13)27(25,26)23-10-2-3-18(23)19(24)22-15-7-6-14(12-21)17(20)11-15/h4-9,11,18H,2-3,10H2,1H3,(H,22,24). The molecule has 1 unspecified atom stereocenters. The summed E-state index contributed by atoms with van der Waals surface area (Å²) in [6.45, 7) is 2.17. The predicted octanol–water partition coefficient (Wildman–Crippen LogP) is 3.31. The van der Waals surface area contributed by atoms with Crippen LogP contribution in [0.25, 0.3) is 0 Å². The number of nitriles is 1. The number of carbonyl (C=O) groups is 1. The number of nitrogens with one attached hydrogen (secondary N) is 1. The van der Waals surface area contributed by atoms with E-state index >= 15 is 0 Å². The molecule has 6 nitrogen and oxygen atoms in total. The molecular formula is C19H18ClN3O3S. The Morgan fingerprint density at radius 2 is 1.96 bits per heavy atom. The first-order chi connectivity index (χ1) is 12.8. The minimum atomic E-state index is -3.76. The fourth-order valence-electron chi connectivity index (χ4n) is 3.04. The lowest BCUT2D eigenvalue weighted by molar-refractivity contribution is -0.119. The molecule has 0 bridgehead atoms. The first kappa shape index (κ1) is 19.4. The van der Waals surface area contributed by atoms with E-state index in [-0.39, 0.29) is 9.92 Å².